The summed E-state index contributed by atoms with van der Waals surface area (Å²) in [7, 11) is 1.59. The molecule has 130 valence electrons. The van der Waals surface area contributed by atoms with Gasteiger partial charge in [0.05, 0.1) is 13.3 Å². The van der Waals surface area contributed by atoms with Crippen LogP contribution in [0.25, 0.3) is 6.08 Å². The Morgan fingerprint density at radius 1 is 1.16 bits per heavy atom. The van der Waals surface area contributed by atoms with E-state index in [4.69, 9.17) is 9.47 Å². The molecule has 2 aromatic carbocycles. The average molecular weight is 338 g/mol. The Hall–Kier alpha value is -3.08. The Kier molecular flexibility index (Phi) is 7.25. The van der Waals surface area contributed by atoms with Crippen molar-refractivity contribution in [2.45, 2.75) is 13.3 Å². The highest BCUT2D eigenvalue weighted by Crippen LogP contribution is 2.30. The number of methoxy groups -OCH3 is 1. The van der Waals surface area contributed by atoms with Crippen molar-refractivity contribution in [3.05, 3.63) is 65.7 Å². The van der Waals surface area contributed by atoms with Crippen LogP contribution in [0.4, 0.5) is 0 Å². The van der Waals surface area contributed by atoms with Crippen molar-refractivity contribution in [1.82, 2.24) is 5.43 Å². The summed E-state index contributed by atoms with van der Waals surface area (Å²) in [5.41, 5.74) is 4.29. The molecule has 0 heterocycles. The van der Waals surface area contributed by atoms with Gasteiger partial charge in [-0.25, -0.2) is 5.43 Å². The van der Waals surface area contributed by atoms with Crippen molar-refractivity contribution in [3.63, 3.8) is 0 Å². The number of nitrogens with zero attached hydrogens (tertiary/aromatic N) is 1. The van der Waals surface area contributed by atoms with Gasteiger partial charge in [0.25, 0.3) is 0 Å². The van der Waals surface area contributed by atoms with E-state index in [1.165, 1.54) is 0 Å². The number of amides is 1. The highest BCUT2D eigenvalue weighted by molar-refractivity contribution is 5.86. The van der Waals surface area contributed by atoms with Crippen LogP contribution in [0.2, 0.25) is 0 Å². The van der Waals surface area contributed by atoms with Crippen LogP contribution in [0.1, 0.15) is 24.5 Å². The first-order valence-corrected chi connectivity index (χ1v) is 8.08. The summed E-state index contributed by atoms with van der Waals surface area (Å²) < 4.78 is 11.2. The molecule has 0 radical (unpaired) electrons. The maximum absolute atomic E-state index is 11.3. The average Bonchev–Trinajstić information content (AvgIpc) is 2.66. The predicted octanol–water partition coefficient (Wildman–Crippen LogP) is 3.65. The number of hydrogen-bond donors (Lipinski definition) is 1. The molecule has 2 aromatic rings. The summed E-state index contributed by atoms with van der Waals surface area (Å²) in [6, 6.07) is 15.5. The first kappa shape index (κ1) is 18.3. The second-order valence-corrected chi connectivity index (χ2v) is 5.15. The van der Waals surface area contributed by atoms with Crippen LogP contribution >= 0.6 is 0 Å². The van der Waals surface area contributed by atoms with E-state index in [0.717, 1.165) is 11.1 Å². The van der Waals surface area contributed by atoms with Gasteiger partial charge < -0.3 is 9.47 Å². The van der Waals surface area contributed by atoms with Crippen LogP contribution in [0.3, 0.4) is 0 Å². The van der Waals surface area contributed by atoms with Crippen LogP contribution in [-0.4, -0.2) is 25.8 Å². The summed E-state index contributed by atoms with van der Waals surface area (Å²) >= 11 is 0. The van der Waals surface area contributed by atoms with E-state index in [1.54, 1.807) is 20.2 Å². The fourth-order valence-corrected chi connectivity index (χ4v) is 2.08. The number of carbonyl (C=O) groups excluding carboxylic acids is 1. The number of carbonyl (C=O) groups is 1. The zero-order valence-electron chi connectivity index (χ0n) is 14.4. The molecular weight excluding hydrogens is 316 g/mol. The van der Waals surface area contributed by atoms with Crippen molar-refractivity contribution in [2.24, 2.45) is 5.10 Å². The maximum atomic E-state index is 11.3. The molecule has 2 rings (SSSR count). The lowest BCUT2D eigenvalue weighted by molar-refractivity contribution is -0.120. The number of rotatable bonds is 8. The van der Waals surface area contributed by atoms with Crippen LogP contribution in [0, 0.1) is 0 Å². The lowest BCUT2D eigenvalue weighted by Crippen LogP contribution is -2.15. The number of ether oxygens (including phenoxy) is 2. The third-order valence-electron chi connectivity index (χ3n) is 3.38. The van der Waals surface area contributed by atoms with E-state index in [1.807, 2.05) is 60.7 Å². The van der Waals surface area contributed by atoms with Gasteiger partial charge in [0.1, 0.15) is 6.61 Å². The fourth-order valence-electron chi connectivity index (χ4n) is 2.08. The summed E-state index contributed by atoms with van der Waals surface area (Å²) in [6.07, 6.45) is 5.85. The normalized spacial score (nSPS) is 11.0. The first-order valence-electron chi connectivity index (χ1n) is 8.08. The molecule has 5 nitrogen and oxygen atoms in total. The van der Waals surface area contributed by atoms with Crippen LogP contribution in [0.15, 0.2) is 59.7 Å². The molecule has 0 spiro atoms. The smallest absolute Gasteiger partial charge is 0.239 e. The van der Waals surface area contributed by atoms with Crippen molar-refractivity contribution < 1.29 is 14.3 Å². The molecular formula is C20H22N2O3. The van der Waals surface area contributed by atoms with Crippen molar-refractivity contribution >= 4 is 18.2 Å². The molecule has 1 amide bonds. The lowest BCUT2D eigenvalue weighted by Gasteiger charge is -2.11. The number of benzene rings is 2. The molecule has 0 unspecified atom stereocenters. The molecule has 0 fully saturated rings. The topological polar surface area (TPSA) is 59.9 Å². The number of para-hydroxylation sites is 1. The van der Waals surface area contributed by atoms with Gasteiger partial charge in [-0.2, -0.15) is 5.10 Å². The Labute approximate surface area is 148 Å². The summed E-state index contributed by atoms with van der Waals surface area (Å²) in [5, 5.41) is 3.95. The molecule has 0 aliphatic heterocycles. The lowest BCUT2D eigenvalue weighted by atomic mass is 10.2. The van der Waals surface area contributed by atoms with Crippen molar-refractivity contribution in [1.29, 1.82) is 0 Å². The second-order valence-electron chi connectivity index (χ2n) is 5.15. The standard InChI is InChI=1S/C20H22N2O3/c1-3-19(23)22-21-15-17-12-7-13-18(24-2)20(17)25-14-8-11-16-9-5-4-6-10-16/h4-13,15H,3,14H2,1-2H3,(H,22,23). The van der Waals surface area contributed by atoms with Gasteiger partial charge in [0.2, 0.25) is 5.91 Å². The Morgan fingerprint density at radius 2 is 1.96 bits per heavy atom. The van der Waals surface area contributed by atoms with E-state index < -0.39 is 0 Å². The molecule has 0 aliphatic carbocycles. The zero-order valence-corrected chi connectivity index (χ0v) is 14.4. The Bertz CT molecular complexity index is 740. The Morgan fingerprint density at radius 3 is 2.68 bits per heavy atom. The number of hydrogen-bond acceptors (Lipinski definition) is 4. The quantitative estimate of drug-likeness (QED) is 0.590. The van der Waals surface area contributed by atoms with Gasteiger partial charge >= 0.3 is 0 Å². The fraction of sp³-hybridized carbons (Fsp3) is 0.200. The monoisotopic (exact) mass is 338 g/mol. The van der Waals surface area contributed by atoms with Crippen LogP contribution in [0.5, 0.6) is 11.5 Å². The van der Waals surface area contributed by atoms with E-state index in [2.05, 4.69) is 10.5 Å². The van der Waals surface area contributed by atoms with Crippen LogP contribution in [-0.2, 0) is 4.79 Å². The van der Waals surface area contributed by atoms with Gasteiger partial charge in [-0.3, -0.25) is 4.79 Å². The largest absolute Gasteiger partial charge is 0.493 e. The van der Waals surface area contributed by atoms with Gasteiger partial charge in [-0.05, 0) is 23.8 Å². The molecule has 0 aliphatic rings. The summed E-state index contributed by atoms with van der Waals surface area (Å²) in [4.78, 5) is 11.3. The molecule has 5 heteroatoms. The van der Waals surface area contributed by atoms with E-state index in [9.17, 15) is 4.79 Å². The second kappa shape index (κ2) is 9.93. The maximum Gasteiger partial charge on any atom is 0.239 e. The SMILES string of the molecule is CCC(=O)NN=Cc1cccc(OC)c1OCC=Cc1ccccc1. The van der Waals surface area contributed by atoms with Crippen molar-refractivity contribution in [2.75, 3.05) is 13.7 Å². The first-order chi connectivity index (χ1) is 12.2. The molecule has 1 N–H and O–H groups in total. The molecule has 0 saturated heterocycles. The predicted molar refractivity (Wildman–Crippen MR) is 100.0 cm³/mol. The van der Waals surface area contributed by atoms with Gasteiger partial charge in [0.15, 0.2) is 11.5 Å². The molecule has 0 saturated carbocycles. The highest BCUT2D eigenvalue weighted by atomic mass is 16.5. The minimum Gasteiger partial charge on any atom is -0.493 e. The number of hydrazone groups is 1. The zero-order chi connectivity index (χ0) is 17.9. The third-order valence-corrected chi connectivity index (χ3v) is 3.38. The molecule has 25 heavy (non-hydrogen) atoms. The molecule has 0 aromatic heterocycles. The molecule has 0 atom stereocenters. The van der Waals surface area contributed by atoms with Crippen molar-refractivity contribution in [3.8, 4) is 11.5 Å². The van der Waals surface area contributed by atoms with Gasteiger partial charge in [-0.15, -0.1) is 0 Å². The number of nitrogens with one attached hydrogen (secondary N) is 1. The minimum absolute atomic E-state index is 0.146. The molecule has 0 bridgehead atoms. The summed E-state index contributed by atoms with van der Waals surface area (Å²) in [6.45, 7) is 2.15. The van der Waals surface area contributed by atoms with E-state index in [-0.39, 0.29) is 5.91 Å². The Balaban J connectivity index is 2.07. The third kappa shape index (κ3) is 5.80. The highest BCUT2D eigenvalue weighted by Gasteiger charge is 2.08. The summed E-state index contributed by atoms with van der Waals surface area (Å²) in [5.74, 6) is 1.04. The van der Waals surface area contributed by atoms with Gasteiger partial charge in [0, 0.05) is 12.0 Å². The van der Waals surface area contributed by atoms with Gasteiger partial charge in [-0.1, -0.05) is 49.4 Å². The van der Waals surface area contributed by atoms with Crippen LogP contribution < -0.4 is 14.9 Å². The van der Waals surface area contributed by atoms with E-state index >= 15 is 0 Å². The van der Waals surface area contributed by atoms with E-state index in [0.29, 0.717) is 24.5 Å². The minimum atomic E-state index is -0.146.